The normalized spacial score (nSPS) is 12.5. The molecule has 6 heteroatoms. The van der Waals surface area contributed by atoms with Gasteiger partial charge in [0, 0.05) is 11.1 Å². The summed E-state index contributed by atoms with van der Waals surface area (Å²) in [5.41, 5.74) is -2.59. The molecule has 0 fully saturated rings. The number of Topliss-reactive ketones (excluding diaryl/α,β-unsaturated/α-hetero) is 2. The fourth-order valence-electron chi connectivity index (χ4n) is 2.85. The number of ketones is 2. The molecule has 0 amide bonds. The molecule has 0 aliphatic rings. The largest absolute Gasteiger partial charge is 0.456 e. The molecule has 2 aromatic carbocycles. The van der Waals surface area contributed by atoms with E-state index >= 15 is 0 Å². The van der Waals surface area contributed by atoms with E-state index in [4.69, 9.17) is 4.42 Å². The van der Waals surface area contributed by atoms with Gasteiger partial charge in [-0.3, -0.25) is 14.4 Å². The van der Waals surface area contributed by atoms with E-state index in [1.807, 2.05) is 0 Å². The lowest BCUT2D eigenvalue weighted by atomic mass is 9.94. The van der Waals surface area contributed by atoms with Crippen LogP contribution in [0.4, 0.5) is 0 Å². The Morgan fingerprint density at radius 1 is 0.778 bits per heavy atom. The first kappa shape index (κ1) is 18.9. The van der Waals surface area contributed by atoms with Gasteiger partial charge in [0.25, 0.3) is 0 Å². The summed E-state index contributed by atoms with van der Waals surface area (Å²) in [4.78, 5) is 37.5. The van der Waals surface area contributed by atoms with Gasteiger partial charge >= 0.3 is 0 Å². The number of carbonyl (C=O) groups is 2. The lowest BCUT2D eigenvalue weighted by Gasteiger charge is -2.16. The molecule has 140 valence electrons. The van der Waals surface area contributed by atoms with Gasteiger partial charge in [-0.05, 0) is 64.1 Å². The van der Waals surface area contributed by atoms with E-state index in [1.165, 1.54) is 64.1 Å². The molecule has 0 atom stereocenters. The number of fused-ring (bicyclic) bond motifs is 2. The van der Waals surface area contributed by atoms with E-state index in [0.29, 0.717) is 11.2 Å². The van der Waals surface area contributed by atoms with Crippen molar-refractivity contribution in [3.8, 4) is 0 Å². The molecule has 3 aromatic rings. The lowest BCUT2D eigenvalue weighted by molar-refractivity contribution is 0.0487. The smallest absolute Gasteiger partial charge is 0.200 e. The van der Waals surface area contributed by atoms with Crippen LogP contribution in [0.2, 0.25) is 0 Å². The molecule has 6 nitrogen and oxygen atoms in total. The van der Waals surface area contributed by atoms with Crippen molar-refractivity contribution in [1.29, 1.82) is 0 Å². The third-order valence-electron chi connectivity index (χ3n) is 4.30. The van der Waals surface area contributed by atoms with Crippen LogP contribution in [-0.2, 0) is 0 Å². The van der Waals surface area contributed by atoms with Crippen molar-refractivity contribution in [2.24, 2.45) is 0 Å². The number of hydrogen-bond acceptors (Lipinski definition) is 6. The minimum Gasteiger partial charge on any atom is -0.456 e. The van der Waals surface area contributed by atoms with Gasteiger partial charge in [-0.25, -0.2) is 0 Å². The van der Waals surface area contributed by atoms with Crippen LogP contribution in [0.15, 0.2) is 45.6 Å². The summed E-state index contributed by atoms with van der Waals surface area (Å²) in [6.07, 6.45) is 0. The second-order valence-corrected chi connectivity index (χ2v) is 7.63. The first-order valence-corrected chi connectivity index (χ1v) is 8.44. The average molecular weight is 368 g/mol. The number of carbonyl (C=O) groups excluding carboxylic acids is 2. The van der Waals surface area contributed by atoms with E-state index in [9.17, 15) is 24.6 Å². The molecule has 0 saturated heterocycles. The molecule has 2 N–H and O–H groups in total. The molecule has 27 heavy (non-hydrogen) atoms. The lowest BCUT2D eigenvalue weighted by Crippen LogP contribution is -2.31. The topological polar surface area (TPSA) is 105 Å². The number of hydrogen-bond donors (Lipinski definition) is 2. The minimum atomic E-state index is -1.57. The first-order valence-electron chi connectivity index (χ1n) is 8.44. The van der Waals surface area contributed by atoms with Crippen molar-refractivity contribution in [1.82, 2.24) is 0 Å². The summed E-state index contributed by atoms with van der Waals surface area (Å²) in [5, 5.41) is 20.2. The van der Waals surface area contributed by atoms with Crippen molar-refractivity contribution in [3.05, 3.63) is 57.7 Å². The second kappa shape index (κ2) is 6.11. The summed E-state index contributed by atoms with van der Waals surface area (Å²) >= 11 is 0. The molecule has 0 spiro atoms. The number of aliphatic hydroxyl groups is 2. The van der Waals surface area contributed by atoms with Gasteiger partial charge in [-0.2, -0.15) is 0 Å². The predicted octanol–water partition coefficient (Wildman–Crippen LogP) is 2.85. The fraction of sp³-hybridized carbons (Fsp3) is 0.286. The summed E-state index contributed by atoms with van der Waals surface area (Å²) < 4.78 is 5.72. The molecule has 0 saturated carbocycles. The molecule has 1 heterocycles. The highest BCUT2D eigenvalue weighted by molar-refractivity contribution is 6.06. The van der Waals surface area contributed by atoms with Crippen molar-refractivity contribution in [2.45, 2.75) is 38.9 Å². The highest BCUT2D eigenvalue weighted by Crippen LogP contribution is 2.23. The summed E-state index contributed by atoms with van der Waals surface area (Å²) in [5.74, 6) is -1.04. The summed E-state index contributed by atoms with van der Waals surface area (Å²) in [6, 6.07) is 8.75. The Kier molecular flexibility index (Phi) is 4.29. The van der Waals surface area contributed by atoms with Gasteiger partial charge in [0.05, 0.1) is 10.8 Å². The van der Waals surface area contributed by atoms with E-state index in [1.54, 1.807) is 0 Å². The Morgan fingerprint density at radius 2 is 1.15 bits per heavy atom. The third kappa shape index (κ3) is 3.41. The maximum atomic E-state index is 12.9. The quantitative estimate of drug-likeness (QED) is 0.542. The molecule has 0 radical (unpaired) electrons. The van der Waals surface area contributed by atoms with Gasteiger partial charge in [-0.15, -0.1) is 0 Å². The van der Waals surface area contributed by atoms with Crippen LogP contribution in [0.1, 0.15) is 48.4 Å². The molecular weight excluding hydrogens is 348 g/mol. The molecule has 0 aliphatic heterocycles. The maximum Gasteiger partial charge on any atom is 0.200 e. The Hall–Kier alpha value is -2.83. The standard InChI is InChI=1S/C21H20O6/c1-20(2,25)18(23)11-5-7-15-13(9-11)17(22)14-10-12(6-8-16(14)27-15)19(24)21(3,4)26/h5-10,25-26H,1-4H3. The Labute approximate surface area is 155 Å². The van der Waals surface area contributed by atoms with E-state index < -0.39 is 28.2 Å². The first-order chi connectivity index (χ1) is 12.4. The van der Waals surface area contributed by atoms with Crippen molar-refractivity contribution >= 4 is 33.5 Å². The predicted molar refractivity (Wildman–Crippen MR) is 101 cm³/mol. The van der Waals surface area contributed by atoms with Gasteiger partial charge in [0.2, 0.25) is 5.43 Å². The molecule has 0 aliphatic carbocycles. The van der Waals surface area contributed by atoms with Crippen LogP contribution in [-0.4, -0.2) is 33.0 Å². The van der Waals surface area contributed by atoms with Gasteiger partial charge in [0.1, 0.15) is 22.4 Å². The third-order valence-corrected chi connectivity index (χ3v) is 4.30. The van der Waals surface area contributed by atoms with E-state index in [0.717, 1.165) is 0 Å². The molecule has 1 aromatic heterocycles. The zero-order valence-corrected chi connectivity index (χ0v) is 15.5. The zero-order chi connectivity index (χ0) is 20.1. The minimum absolute atomic E-state index is 0.172. The second-order valence-electron chi connectivity index (χ2n) is 7.63. The molecule has 0 bridgehead atoms. The molecule has 0 unspecified atom stereocenters. The highest BCUT2D eigenvalue weighted by Gasteiger charge is 2.27. The number of rotatable bonds is 4. The van der Waals surface area contributed by atoms with Crippen LogP contribution in [0, 0.1) is 0 Å². The summed E-state index contributed by atoms with van der Waals surface area (Å²) in [6.45, 7) is 5.49. The van der Waals surface area contributed by atoms with Crippen LogP contribution in [0.3, 0.4) is 0 Å². The van der Waals surface area contributed by atoms with E-state index in [-0.39, 0.29) is 21.9 Å². The van der Waals surface area contributed by atoms with E-state index in [2.05, 4.69) is 0 Å². The van der Waals surface area contributed by atoms with Crippen molar-refractivity contribution in [2.75, 3.05) is 0 Å². The van der Waals surface area contributed by atoms with Crippen molar-refractivity contribution in [3.63, 3.8) is 0 Å². The van der Waals surface area contributed by atoms with Gasteiger partial charge in [0.15, 0.2) is 11.6 Å². The van der Waals surface area contributed by atoms with Gasteiger partial charge in [-0.1, -0.05) is 0 Å². The van der Waals surface area contributed by atoms with Crippen LogP contribution in [0.5, 0.6) is 0 Å². The van der Waals surface area contributed by atoms with Crippen molar-refractivity contribution < 1.29 is 24.2 Å². The van der Waals surface area contributed by atoms with Crippen LogP contribution < -0.4 is 5.43 Å². The average Bonchev–Trinajstić information content (AvgIpc) is 2.58. The molecule has 3 rings (SSSR count). The van der Waals surface area contributed by atoms with Crippen LogP contribution in [0.25, 0.3) is 21.9 Å². The highest BCUT2D eigenvalue weighted by atomic mass is 16.3. The van der Waals surface area contributed by atoms with Crippen LogP contribution >= 0.6 is 0 Å². The Morgan fingerprint density at radius 3 is 1.48 bits per heavy atom. The Bertz CT molecular complexity index is 1050. The fourth-order valence-corrected chi connectivity index (χ4v) is 2.85. The SMILES string of the molecule is CC(C)(O)C(=O)c1ccc2oc3ccc(C(=O)C(C)(C)O)cc3c(=O)c2c1. The maximum absolute atomic E-state index is 12.9. The Balaban J connectivity index is 2.25. The zero-order valence-electron chi connectivity index (χ0n) is 15.5. The monoisotopic (exact) mass is 368 g/mol. The number of benzene rings is 2. The van der Waals surface area contributed by atoms with Gasteiger partial charge < -0.3 is 14.6 Å². The molecular formula is C21H20O6. The summed E-state index contributed by atoms with van der Waals surface area (Å²) in [7, 11) is 0.